The highest BCUT2D eigenvalue weighted by Crippen LogP contribution is 2.16. The summed E-state index contributed by atoms with van der Waals surface area (Å²) in [6.07, 6.45) is 0. The molecule has 150 valence electrons. The number of carbonyl (C=O) groups excluding carboxylic acids is 2. The second kappa shape index (κ2) is 9.05. The molecule has 6 nitrogen and oxygen atoms in total. The SMILES string of the molecule is O=C(OCC(=O)N(Cc1ccccc1)Cc1ccccc1)c1n[nH]c2ccccc12. The summed E-state index contributed by atoms with van der Waals surface area (Å²) in [6.45, 7) is 0.509. The molecule has 0 aliphatic heterocycles. The van der Waals surface area contributed by atoms with Gasteiger partial charge in [0.25, 0.3) is 5.91 Å². The number of fused-ring (bicyclic) bond motifs is 1. The molecule has 6 heteroatoms. The first-order valence-electron chi connectivity index (χ1n) is 9.66. The predicted molar refractivity (Wildman–Crippen MR) is 114 cm³/mol. The van der Waals surface area contributed by atoms with Crippen molar-refractivity contribution in [1.29, 1.82) is 0 Å². The summed E-state index contributed by atoms with van der Waals surface area (Å²) in [5.41, 5.74) is 2.93. The molecule has 30 heavy (non-hydrogen) atoms. The minimum absolute atomic E-state index is 0.177. The van der Waals surface area contributed by atoms with Crippen molar-refractivity contribution >= 4 is 22.8 Å². The summed E-state index contributed by atoms with van der Waals surface area (Å²) in [6, 6.07) is 26.7. The summed E-state index contributed by atoms with van der Waals surface area (Å²) >= 11 is 0. The van der Waals surface area contributed by atoms with E-state index in [0.29, 0.717) is 18.5 Å². The zero-order chi connectivity index (χ0) is 20.8. The summed E-state index contributed by atoms with van der Waals surface area (Å²) in [5, 5.41) is 7.49. The largest absolute Gasteiger partial charge is 0.451 e. The highest BCUT2D eigenvalue weighted by molar-refractivity contribution is 6.02. The van der Waals surface area contributed by atoms with E-state index in [9.17, 15) is 9.59 Å². The third-order valence-electron chi connectivity index (χ3n) is 4.78. The number of aromatic nitrogens is 2. The van der Waals surface area contributed by atoms with Gasteiger partial charge in [-0.25, -0.2) is 4.79 Å². The normalized spacial score (nSPS) is 10.7. The van der Waals surface area contributed by atoms with Crippen molar-refractivity contribution in [3.8, 4) is 0 Å². The number of para-hydroxylation sites is 1. The van der Waals surface area contributed by atoms with Gasteiger partial charge in [-0.1, -0.05) is 78.9 Å². The standard InChI is InChI=1S/C24H21N3O3/c28-22(17-30-24(29)23-20-13-7-8-14-21(20)25-26-23)27(15-18-9-3-1-4-10-18)16-19-11-5-2-6-12-19/h1-14H,15-17H2,(H,25,26). The smallest absolute Gasteiger partial charge is 0.359 e. The Morgan fingerprint density at radius 2 is 1.37 bits per heavy atom. The van der Waals surface area contributed by atoms with Gasteiger partial charge in [-0.05, 0) is 17.2 Å². The average Bonchev–Trinajstić information content (AvgIpc) is 3.22. The summed E-state index contributed by atoms with van der Waals surface area (Å²) in [4.78, 5) is 27.1. The highest BCUT2D eigenvalue weighted by atomic mass is 16.5. The zero-order valence-corrected chi connectivity index (χ0v) is 16.3. The highest BCUT2D eigenvalue weighted by Gasteiger charge is 2.20. The maximum atomic E-state index is 12.9. The minimum atomic E-state index is -0.625. The molecule has 1 heterocycles. The quantitative estimate of drug-likeness (QED) is 0.478. The van der Waals surface area contributed by atoms with Gasteiger partial charge in [-0.15, -0.1) is 0 Å². The van der Waals surface area contributed by atoms with Crippen LogP contribution in [0.5, 0.6) is 0 Å². The van der Waals surface area contributed by atoms with Gasteiger partial charge in [0, 0.05) is 18.5 Å². The molecule has 4 rings (SSSR count). The van der Waals surface area contributed by atoms with Gasteiger partial charge in [0.1, 0.15) is 0 Å². The Morgan fingerprint density at radius 3 is 2.00 bits per heavy atom. The average molecular weight is 399 g/mol. The molecular formula is C24H21N3O3. The first-order chi connectivity index (χ1) is 14.7. The number of H-pyrrole nitrogens is 1. The Morgan fingerprint density at radius 1 is 0.800 bits per heavy atom. The van der Waals surface area contributed by atoms with Crippen LogP contribution in [-0.4, -0.2) is 33.6 Å². The van der Waals surface area contributed by atoms with Crippen LogP contribution in [0.15, 0.2) is 84.9 Å². The van der Waals surface area contributed by atoms with Crippen LogP contribution in [0.2, 0.25) is 0 Å². The van der Waals surface area contributed by atoms with E-state index < -0.39 is 5.97 Å². The fourth-order valence-corrected chi connectivity index (χ4v) is 3.25. The Bertz CT molecular complexity index is 1100. The third kappa shape index (κ3) is 4.55. The van der Waals surface area contributed by atoms with E-state index in [0.717, 1.165) is 16.6 Å². The number of carbonyl (C=O) groups is 2. The number of nitrogens with one attached hydrogen (secondary N) is 1. The number of hydrogen-bond donors (Lipinski definition) is 1. The van der Waals surface area contributed by atoms with Crippen LogP contribution in [0, 0.1) is 0 Å². The van der Waals surface area contributed by atoms with E-state index in [4.69, 9.17) is 4.74 Å². The molecule has 0 aliphatic carbocycles. The van der Waals surface area contributed by atoms with E-state index >= 15 is 0 Å². The molecule has 1 aromatic heterocycles. The summed E-state index contributed by atoms with van der Waals surface area (Å²) in [7, 11) is 0. The number of rotatable bonds is 7. The monoisotopic (exact) mass is 399 g/mol. The lowest BCUT2D eigenvalue weighted by Crippen LogP contribution is -2.34. The number of amides is 1. The van der Waals surface area contributed by atoms with Crippen molar-refractivity contribution in [2.24, 2.45) is 0 Å². The zero-order valence-electron chi connectivity index (χ0n) is 16.3. The molecule has 0 saturated carbocycles. The Labute approximate surface area is 174 Å². The Hall–Kier alpha value is -3.93. The maximum absolute atomic E-state index is 12.9. The van der Waals surface area contributed by atoms with E-state index in [2.05, 4.69) is 10.2 Å². The lowest BCUT2D eigenvalue weighted by Gasteiger charge is -2.23. The molecule has 3 aromatic carbocycles. The van der Waals surface area contributed by atoms with E-state index in [1.54, 1.807) is 11.0 Å². The number of esters is 1. The molecule has 1 N–H and O–H groups in total. The molecule has 1 amide bonds. The minimum Gasteiger partial charge on any atom is -0.451 e. The van der Waals surface area contributed by atoms with Crippen LogP contribution in [0.1, 0.15) is 21.6 Å². The van der Waals surface area contributed by atoms with Crippen molar-refractivity contribution in [2.75, 3.05) is 6.61 Å². The van der Waals surface area contributed by atoms with Crippen LogP contribution < -0.4 is 0 Å². The first kappa shape index (κ1) is 19.4. The number of hydrogen-bond acceptors (Lipinski definition) is 4. The predicted octanol–water partition coefficient (Wildman–Crippen LogP) is 3.95. The van der Waals surface area contributed by atoms with Crippen LogP contribution >= 0.6 is 0 Å². The molecule has 0 bridgehead atoms. The van der Waals surface area contributed by atoms with Gasteiger partial charge in [-0.2, -0.15) is 5.10 Å². The maximum Gasteiger partial charge on any atom is 0.359 e. The van der Waals surface area contributed by atoms with Crippen LogP contribution in [0.25, 0.3) is 10.9 Å². The van der Waals surface area contributed by atoms with Crippen molar-refractivity contribution in [3.05, 3.63) is 102 Å². The second-order valence-corrected chi connectivity index (χ2v) is 6.91. The number of benzene rings is 3. The fraction of sp³-hybridized carbons (Fsp3) is 0.125. The molecular weight excluding hydrogens is 378 g/mol. The molecule has 0 atom stereocenters. The molecule has 4 aromatic rings. The van der Waals surface area contributed by atoms with Crippen molar-refractivity contribution in [3.63, 3.8) is 0 Å². The van der Waals surface area contributed by atoms with E-state index in [1.165, 1.54) is 0 Å². The van der Waals surface area contributed by atoms with Crippen LogP contribution in [0.3, 0.4) is 0 Å². The molecule has 0 unspecified atom stereocenters. The molecule has 0 radical (unpaired) electrons. The second-order valence-electron chi connectivity index (χ2n) is 6.91. The molecule has 0 aliphatic rings. The van der Waals surface area contributed by atoms with Crippen LogP contribution in [0.4, 0.5) is 0 Å². The van der Waals surface area contributed by atoms with Crippen molar-refractivity contribution < 1.29 is 14.3 Å². The molecule has 0 fully saturated rings. The third-order valence-corrected chi connectivity index (χ3v) is 4.78. The summed E-state index contributed by atoms with van der Waals surface area (Å²) < 4.78 is 5.30. The topological polar surface area (TPSA) is 75.3 Å². The summed E-state index contributed by atoms with van der Waals surface area (Å²) in [5.74, 6) is -0.893. The van der Waals surface area contributed by atoms with Gasteiger partial charge < -0.3 is 9.64 Å². The molecule has 0 saturated heterocycles. The number of nitrogens with zero attached hydrogens (tertiary/aromatic N) is 2. The van der Waals surface area contributed by atoms with Gasteiger partial charge in [-0.3, -0.25) is 9.89 Å². The van der Waals surface area contributed by atoms with E-state index in [1.807, 2.05) is 78.9 Å². The van der Waals surface area contributed by atoms with Crippen molar-refractivity contribution in [2.45, 2.75) is 13.1 Å². The lowest BCUT2D eigenvalue weighted by atomic mass is 10.1. The first-order valence-corrected chi connectivity index (χ1v) is 9.66. The van der Waals surface area contributed by atoms with Crippen LogP contribution in [-0.2, 0) is 22.6 Å². The Kier molecular flexibility index (Phi) is 5.85. The lowest BCUT2D eigenvalue weighted by molar-refractivity contribution is -0.135. The fourth-order valence-electron chi connectivity index (χ4n) is 3.25. The van der Waals surface area contributed by atoms with E-state index in [-0.39, 0.29) is 18.2 Å². The Balaban J connectivity index is 1.46. The number of aromatic amines is 1. The van der Waals surface area contributed by atoms with Gasteiger partial charge in [0.2, 0.25) is 0 Å². The van der Waals surface area contributed by atoms with Gasteiger partial charge in [0.05, 0.1) is 5.52 Å². The van der Waals surface area contributed by atoms with Gasteiger partial charge >= 0.3 is 5.97 Å². The number of ether oxygens (including phenoxy) is 1. The van der Waals surface area contributed by atoms with Gasteiger partial charge in [0.15, 0.2) is 12.3 Å². The van der Waals surface area contributed by atoms with Crippen molar-refractivity contribution in [1.82, 2.24) is 15.1 Å². The molecule has 0 spiro atoms.